The van der Waals surface area contributed by atoms with Gasteiger partial charge in [-0.05, 0) is 45.0 Å². The monoisotopic (exact) mass is 322 g/mol. The van der Waals surface area contributed by atoms with Crippen molar-refractivity contribution in [2.45, 2.75) is 32.9 Å². The zero-order valence-corrected chi connectivity index (χ0v) is 14.2. The Balaban J connectivity index is 1.94. The van der Waals surface area contributed by atoms with E-state index in [1.807, 2.05) is 86.1 Å². The lowest BCUT2D eigenvalue weighted by Crippen LogP contribution is -2.48. The number of carbonyl (C=O) groups excluding carboxylic acids is 1. The van der Waals surface area contributed by atoms with E-state index in [1.54, 1.807) is 4.90 Å². The summed E-state index contributed by atoms with van der Waals surface area (Å²) in [5.74, 6) is 0. The van der Waals surface area contributed by atoms with Gasteiger partial charge in [0.2, 0.25) is 0 Å². The van der Waals surface area contributed by atoms with Crippen molar-refractivity contribution in [2.24, 2.45) is 0 Å². The van der Waals surface area contributed by atoms with E-state index in [0.29, 0.717) is 6.54 Å². The average molecular weight is 322 g/mol. The fourth-order valence-corrected chi connectivity index (χ4v) is 2.54. The van der Waals surface area contributed by atoms with Crippen LogP contribution in [0.1, 0.15) is 26.5 Å². The van der Waals surface area contributed by atoms with Gasteiger partial charge in [-0.2, -0.15) is 0 Å². The highest BCUT2D eigenvalue weighted by molar-refractivity contribution is 5.92. The Labute approximate surface area is 141 Å². The molecule has 2 amide bonds. The molecule has 0 radical (unpaired) electrons. The summed E-state index contributed by atoms with van der Waals surface area (Å²) in [6.07, 6.45) is 3.78. The maximum Gasteiger partial charge on any atom is 0.322 e. The Morgan fingerprint density at radius 3 is 2.54 bits per heavy atom. The van der Waals surface area contributed by atoms with Crippen LogP contribution in [-0.4, -0.2) is 21.0 Å². The molecule has 1 aromatic carbocycles. The molecule has 3 aromatic rings. The molecule has 0 fully saturated rings. The lowest BCUT2D eigenvalue weighted by atomic mass is 10.1. The summed E-state index contributed by atoms with van der Waals surface area (Å²) in [5, 5.41) is 3.04. The van der Waals surface area contributed by atoms with E-state index < -0.39 is 0 Å². The molecule has 0 aliphatic rings. The number of pyridine rings is 1. The number of anilines is 1. The predicted molar refractivity (Wildman–Crippen MR) is 96.1 cm³/mol. The minimum absolute atomic E-state index is 0.125. The molecule has 3 rings (SSSR count). The number of nitrogens with zero attached hydrogens (tertiary/aromatic N) is 3. The molecule has 5 heteroatoms. The second-order valence-electron chi connectivity index (χ2n) is 6.78. The molecular formula is C19H22N4O. The number of rotatable bonds is 3. The van der Waals surface area contributed by atoms with Crippen LogP contribution in [0, 0.1) is 0 Å². The molecule has 2 aromatic heterocycles. The van der Waals surface area contributed by atoms with Gasteiger partial charge in [-0.15, -0.1) is 0 Å². The van der Waals surface area contributed by atoms with Gasteiger partial charge in [0, 0.05) is 17.4 Å². The van der Waals surface area contributed by atoms with Crippen molar-refractivity contribution in [1.82, 2.24) is 14.7 Å². The molecule has 0 aliphatic heterocycles. The van der Waals surface area contributed by atoms with Gasteiger partial charge < -0.3 is 9.72 Å². The molecule has 0 spiro atoms. The zero-order valence-electron chi connectivity index (χ0n) is 14.2. The number of amides is 2. The third kappa shape index (κ3) is 3.56. The second-order valence-corrected chi connectivity index (χ2v) is 6.78. The normalized spacial score (nSPS) is 11.5. The molecule has 2 heterocycles. The quantitative estimate of drug-likeness (QED) is 0.796. The topological polar surface area (TPSA) is 49.6 Å². The number of carbonyl (C=O) groups is 1. The average Bonchev–Trinajstić information content (AvgIpc) is 2.95. The van der Waals surface area contributed by atoms with Crippen molar-refractivity contribution < 1.29 is 4.79 Å². The minimum Gasteiger partial charge on any atom is -0.333 e. The molecule has 24 heavy (non-hydrogen) atoms. The van der Waals surface area contributed by atoms with E-state index in [0.717, 1.165) is 17.0 Å². The first-order valence-electron chi connectivity index (χ1n) is 8.00. The Bertz CT molecular complexity index is 833. The van der Waals surface area contributed by atoms with E-state index in [9.17, 15) is 4.79 Å². The third-order valence-corrected chi connectivity index (χ3v) is 3.61. The number of fused-ring (bicyclic) bond motifs is 1. The summed E-state index contributed by atoms with van der Waals surface area (Å²) < 4.78 is 2.00. The molecule has 0 saturated carbocycles. The number of aromatic nitrogens is 2. The highest BCUT2D eigenvalue weighted by atomic mass is 16.2. The first kappa shape index (κ1) is 16.1. The molecule has 124 valence electrons. The maximum atomic E-state index is 12.8. The largest absolute Gasteiger partial charge is 0.333 e. The van der Waals surface area contributed by atoms with Crippen molar-refractivity contribution in [2.75, 3.05) is 4.90 Å². The van der Waals surface area contributed by atoms with Crippen LogP contribution in [0.2, 0.25) is 0 Å². The van der Waals surface area contributed by atoms with Crippen molar-refractivity contribution in [3.63, 3.8) is 0 Å². The van der Waals surface area contributed by atoms with E-state index in [1.165, 1.54) is 0 Å². The van der Waals surface area contributed by atoms with Crippen LogP contribution in [0.25, 0.3) is 5.65 Å². The van der Waals surface area contributed by atoms with Crippen molar-refractivity contribution in [1.29, 1.82) is 0 Å². The molecule has 0 aliphatic carbocycles. The van der Waals surface area contributed by atoms with Crippen LogP contribution in [-0.2, 0) is 6.54 Å². The molecule has 1 N–H and O–H groups in total. The van der Waals surface area contributed by atoms with Gasteiger partial charge in [-0.1, -0.05) is 24.3 Å². The Hall–Kier alpha value is -2.82. The van der Waals surface area contributed by atoms with Crippen LogP contribution in [0.15, 0.2) is 60.9 Å². The third-order valence-electron chi connectivity index (χ3n) is 3.61. The van der Waals surface area contributed by atoms with Gasteiger partial charge in [0.1, 0.15) is 5.65 Å². The van der Waals surface area contributed by atoms with E-state index >= 15 is 0 Å². The first-order valence-corrected chi connectivity index (χ1v) is 8.00. The van der Waals surface area contributed by atoms with Crippen molar-refractivity contribution in [3.05, 3.63) is 66.6 Å². The lowest BCUT2D eigenvalue weighted by molar-refractivity contribution is 0.237. The van der Waals surface area contributed by atoms with Crippen LogP contribution >= 0.6 is 0 Å². The van der Waals surface area contributed by atoms with Gasteiger partial charge in [0.15, 0.2) is 0 Å². The molecule has 0 unspecified atom stereocenters. The van der Waals surface area contributed by atoms with Crippen molar-refractivity contribution in [3.8, 4) is 0 Å². The summed E-state index contributed by atoms with van der Waals surface area (Å²) in [4.78, 5) is 18.9. The minimum atomic E-state index is -0.302. The predicted octanol–water partition coefficient (Wildman–Crippen LogP) is 3.85. The summed E-state index contributed by atoms with van der Waals surface area (Å²) in [7, 11) is 0. The summed E-state index contributed by atoms with van der Waals surface area (Å²) in [6.45, 7) is 6.37. The Kier molecular flexibility index (Phi) is 4.25. The smallest absolute Gasteiger partial charge is 0.322 e. The number of para-hydroxylation sites is 1. The van der Waals surface area contributed by atoms with E-state index in [2.05, 4.69) is 10.3 Å². The highest BCUT2D eigenvalue weighted by Crippen LogP contribution is 2.18. The standard InChI is InChI=1S/C19H22N4O/c1-19(2,3)21-18(24)23(15-9-5-4-6-10-15)14-16-13-20-17-11-7-8-12-22(16)17/h4-13H,14H2,1-3H3,(H,21,24). The van der Waals surface area contributed by atoms with Crippen LogP contribution < -0.4 is 10.2 Å². The number of urea groups is 1. The molecule has 0 bridgehead atoms. The molecule has 0 saturated heterocycles. The van der Waals surface area contributed by atoms with Gasteiger partial charge >= 0.3 is 6.03 Å². The molecular weight excluding hydrogens is 300 g/mol. The first-order chi connectivity index (χ1) is 11.4. The van der Waals surface area contributed by atoms with Crippen molar-refractivity contribution >= 4 is 17.4 Å². The Morgan fingerprint density at radius 1 is 1.12 bits per heavy atom. The Morgan fingerprint density at radius 2 is 1.83 bits per heavy atom. The van der Waals surface area contributed by atoms with Crippen LogP contribution in [0.4, 0.5) is 10.5 Å². The highest BCUT2D eigenvalue weighted by Gasteiger charge is 2.22. The maximum absolute atomic E-state index is 12.8. The summed E-state index contributed by atoms with van der Waals surface area (Å²) in [5.41, 5.74) is 2.38. The van der Waals surface area contributed by atoms with Gasteiger partial charge in [-0.25, -0.2) is 9.78 Å². The summed E-state index contributed by atoms with van der Waals surface area (Å²) in [6, 6.07) is 15.4. The zero-order chi connectivity index (χ0) is 17.2. The number of hydrogen-bond acceptors (Lipinski definition) is 2. The van der Waals surface area contributed by atoms with Gasteiger partial charge in [0.25, 0.3) is 0 Å². The number of imidazole rings is 1. The van der Waals surface area contributed by atoms with Crippen LogP contribution in [0.5, 0.6) is 0 Å². The number of benzene rings is 1. The van der Waals surface area contributed by atoms with Gasteiger partial charge in [0.05, 0.1) is 18.4 Å². The fraction of sp³-hybridized carbons (Fsp3) is 0.263. The van der Waals surface area contributed by atoms with E-state index in [4.69, 9.17) is 0 Å². The van der Waals surface area contributed by atoms with Gasteiger partial charge in [-0.3, -0.25) is 4.90 Å². The molecule has 5 nitrogen and oxygen atoms in total. The fourth-order valence-electron chi connectivity index (χ4n) is 2.54. The molecule has 0 atom stereocenters. The second kappa shape index (κ2) is 6.35. The van der Waals surface area contributed by atoms with E-state index in [-0.39, 0.29) is 11.6 Å². The SMILES string of the molecule is CC(C)(C)NC(=O)N(Cc1cnc2ccccn12)c1ccccc1. The van der Waals surface area contributed by atoms with Crippen LogP contribution in [0.3, 0.4) is 0 Å². The summed E-state index contributed by atoms with van der Waals surface area (Å²) >= 11 is 0. The lowest BCUT2D eigenvalue weighted by Gasteiger charge is -2.28. The number of nitrogens with one attached hydrogen (secondary N) is 1. The number of hydrogen-bond donors (Lipinski definition) is 1.